The average molecular weight is 205 g/mol. The third-order valence-corrected chi connectivity index (χ3v) is 2.92. The van der Waals surface area contributed by atoms with Crippen LogP contribution in [0, 0.1) is 13.8 Å². The molecule has 0 heterocycles. The molecule has 0 amide bonds. The molecule has 1 aromatic rings. The van der Waals surface area contributed by atoms with Crippen molar-refractivity contribution in [2.45, 2.75) is 46.6 Å². The average Bonchev–Trinajstić information content (AvgIpc) is 2.09. The van der Waals surface area contributed by atoms with Gasteiger partial charge in [-0.25, -0.2) is 0 Å². The maximum absolute atomic E-state index is 3.22. The van der Waals surface area contributed by atoms with Crippen LogP contribution in [0.3, 0.4) is 0 Å². The van der Waals surface area contributed by atoms with E-state index in [1.165, 1.54) is 22.3 Å². The van der Waals surface area contributed by atoms with Crippen molar-refractivity contribution in [3.8, 4) is 0 Å². The third kappa shape index (κ3) is 2.82. The zero-order valence-electron chi connectivity index (χ0n) is 10.9. The minimum Gasteiger partial charge on any atom is -0.316 e. The molecular weight excluding hydrogens is 182 g/mol. The highest BCUT2D eigenvalue weighted by Crippen LogP contribution is 2.26. The number of hydrogen-bond donors (Lipinski definition) is 1. The van der Waals surface area contributed by atoms with Gasteiger partial charge in [0.25, 0.3) is 0 Å². The molecule has 0 radical (unpaired) electrons. The van der Waals surface area contributed by atoms with Crippen molar-refractivity contribution in [2.24, 2.45) is 0 Å². The first-order valence-electron chi connectivity index (χ1n) is 5.61. The van der Waals surface area contributed by atoms with Crippen LogP contribution in [0.2, 0.25) is 0 Å². The van der Waals surface area contributed by atoms with E-state index < -0.39 is 0 Å². The fraction of sp³-hybridized carbons (Fsp3) is 0.571. The van der Waals surface area contributed by atoms with Gasteiger partial charge in [0.1, 0.15) is 0 Å². The Bertz CT molecular complexity index is 322. The van der Waals surface area contributed by atoms with E-state index in [0.717, 1.165) is 6.54 Å². The number of aryl methyl sites for hydroxylation is 2. The standard InChI is InChI=1S/C14H23N/c1-10-7-12(14(3,4)5)8-11(2)13(10)9-15-6/h7-8,15H,9H2,1-6H3. The minimum atomic E-state index is 0.244. The van der Waals surface area contributed by atoms with Gasteiger partial charge in [-0.15, -0.1) is 0 Å². The highest BCUT2D eigenvalue weighted by Gasteiger charge is 2.15. The van der Waals surface area contributed by atoms with Crippen LogP contribution in [0.15, 0.2) is 12.1 Å². The second-order valence-electron chi connectivity index (χ2n) is 5.37. The Hall–Kier alpha value is -0.820. The van der Waals surface area contributed by atoms with Crippen molar-refractivity contribution in [1.82, 2.24) is 5.32 Å². The predicted molar refractivity (Wildman–Crippen MR) is 67.4 cm³/mol. The lowest BCUT2D eigenvalue weighted by atomic mass is 9.84. The molecule has 0 aromatic heterocycles. The Morgan fingerprint density at radius 3 is 1.87 bits per heavy atom. The Labute approximate surface area is 93.9 Å². The molecule has 0 saturated carbocycles. The van der Waals surface area contributed by atoms with Crippen molar-refractivity contribution in [2.75, 3.05) is 7.05 Å². The smallest absolute Gasteiger partial charge is 0.0207 e. The first-order valence-corrected chi connectivity index (χ1v) is 5.61. The van der Waals surface area contributed by atoms with Crippen LogP contribution in [0.25, 0.3) is 0 Å². The van der Waals surface area contributed by atoms with Gasteiger partial charge in [-0.1, -0.05) is 32.9 Å². The minimum absolute atomic E-state index is 0.244. The Morgan fingerprint density at radius 2 is 1.53 bits per heavy atom. The summed E-state index contributed by atoms with van der Waals surface area (Å²) in [6.07, 6.45) is 0. The molecule has 1 heteroatoms. The number of benzene rings is 1. The summed E-state index contributed by atoms with van der Waals surface area (Å²) in [6, 6.07) is 4.64. The zero-order chi connectivity index (χ0) is 11.6. The molecule has 0 aliphatic carbocycles. The quantitative estimate of drug-likeness (QED) is 0.781. The predicted octanol–water partition coefficient (Wildman–Crippen LogP) is 3.32. The van der Waals surface area contributed by atoms with Crippen LogP contribution in [0.5, 0.6) is 0 Å². The number of nitrogens with one attached hydrogen (secondary N) is 1. The van der Waals surface area contributed by atoms with E-state index in [-0.39, 0.29) is 5.41 Å². The Morgan fingerprint density at radius 1 is 1.07 bits per heavy atom. The van der Waals surface area contributed by atoms with E-state index in [0.29, 0.717) is 0 Å². The molecule has 0 fully saturated rings. The summed E-state index contributed by atoms with van der Waals surface area (Å²) in [6.45, 7) is 12.2. The van der Waals surface area contributed by atoms with E-state index >= 15 is 0 Å². The Kier molecular flexibility index (Phi) is 3.56. The largest absolute Gasteiger partial charge is 0.316 e. The Balaban J connectivity index is 3.19. The van der Waals surface area contributed by atoms with Gasteiger partial charge < -0.3 is 5.32 Å². The van der Waals surface area contributed by atoms with Crippen LogP contribution in [-0.4, -0.2) is 7.05 Å². The van der Waals surface area contributed by atoms with Gasteiger partial charge in [0, 0.05) is 6.54 Å². The van der Waals surface area contributed by atoms with E-state index in [9.17, 15) is 0 Å². The molecule has 84 valence electrons. The lowest BCUT2D eigenvalue weighted by Gasteiger charge is -2.22. The molecule has 0 aliphatic heterocycles. The van der Waals surface area contributed by atoms with E-state index in [1.54, 1.807) is 0 Å². The van der Waals surface area contributed by atoms with Crippen molar-refractivity contribution in [1.29, 1.82) is 0 Å². The molecule has 0 spiro atoms. The fourth-order valence-electron chi connectivity index (χ4n) is 1.88. The molecule has 1 aromatic carbocycles. The van der Waals surface area contributed by atoms with E-state index in [1.807, 2.05) is 7.05 Å². The summed E-state index contributed by atoms with van der Waals surface area (Å²) >= 11 is 0. The summed E-state index contributed by atoms with van der Waals surface area (Å²) in [5.41, 5.74) is 5.90. The molecule has 0 bridgehead atoms. The zero-order valence-corrected chi connectivity index (χ0v) is 10.9. The summed E-state index contributed by atoms with van der Waals surface area (Å²) in [7, 11) is 2.00. The van der Waals surface area contributed by atoms with Gasteiger partial charge in [-0.2, -0.15) is 0 Å². The SMILES string of the molecule is CNCc1c(C)cc(C(C)(C)C)cc1C. The molecule has 0 saturated heterocycles. The summed E-state index contributed by atoms with van der Waals surface area (Å²) in [5.74, 6) is 0. The van der Waals surface area contributed by atoms with Gasteiger partial charge in [0.05, 0.1) is 0 Å². The molecule has 1 rings (SSSR count). The summed E-state index contributed by atoms with van der Waals surface area (Å²) in [5, 5.41) is 3.22. The first kappa shape index (κ1) is 12.3. The van der Waals surface area contributed by atoms with Gasteiger partial charge in [0.15, 0.2) is 0 Å². The van der Waals surface area contributed by atoms with Crippen LogP contribution < -0.4 is 5.32 Å². The molecule has 1 nitrogen and oxygen atoms in total. The van der Waals surface area contributed by atoms with Crippen LogP contribution in [0.1, 0.15) is 43.0 Å². The number of hydrogen-bond acceptors (Lipinski definition) is 1. The highest BCUT2D eigenvalue weighted by atomic mass is 14.8. The lowest BCUT2D eigenvalue weighted by Crippen LogP contribution is -2.14. The molecule has 1 N–H and O–H groups in total. The monoisotopic (exact) mass is 205 g/mol. The third-order valence-electron chi connectivity index (χ3n) is 2.92. The summed E-state index contributed by atoms with van der Waals surface area (Å²) < 4.78 is 0. The van der Waals surface area contributed by atoms with Crippen LogP contribution in [0.4, 0.5) is 0 Å². The van der Waals surface area contributed by atoms with Crippen molar-refractivity contribution in [3.63, 3.8) is 0 Å². The van der Waals surface area contributed by atoms with Crippen molar-refractivity contribution < 1.29 is 0 Å². The molecular formula is C14H23N. The van der Waals surface area contributed by atoms with Crippen LogP contribution >= 0.6 is 0 Å². The molecule has 0 unspecified atom stereocenters. The highest BCUT2D eigenvalue weighted by molar-refractivity contribution is 5.40. The van der Waals surface area contributed by atoms with Gasteiger partial charge in [0.2, 0.25) is 0 Å². The molecule has 15 heavy (non-hydrogen) atoms. The van der Waals surface area contributed by atoms with E-state index in [2.05, 4.69) is 52.1 Å². The second-order valence-corrected chi connectivity index (χ2v) is 5.37. The topological polar surface area (TPSA) is 12.0 Å². The van der Waals surface area contributed by atoms with Crippen molar-refractivity contribution in [3.05, 3.63) is 34.4 Å². The molecule has 0 atom stereocenters. The van der Waals surface area contributed by atoms with Crippen molar-refractivity contribution >= 4 is 0 Å². The molecule has 0 aliphatic rings. The normalized spacial score (nSPS) is 11.9. The fourth-order valence-corrected chi connectivity index (χ4v) is 1.88. The van der Waals surface area contributed by atoms with Gasteiger partial charge in [-0.3, -0.25) is 0 Å². The maximum Gasteiger partial charge on any atom is 0.0207 e. The first-order chi connectivity index (χ1) is 6.86. The number of rotatable bonds is 2. The maximum atomic E-state index is 3.22. The van der Waals surface area contributed by atoms with E-state index in [4.69, 9.17) is 0 Å². The van der Waals surface area contributed by atoms with Crippen LogP contribution in [-0.2, 0) is 12.0 Å². The van der Waals surface area contributed by atoms with Gasteiger partial charge in [-0.05, 0) is 48.6 Å². The lowest BCUT2D eigenvalue weighted by molar-refractivity contribution is 0.588. The second kappa shape index (κ2) is 4.36. The van der Waals surface area contributed by atoms with Gasteiger partial charge >= 0.3 is 0 Å². The summed E-state index contributed by atoms with van der Waals surface area (Å²) in [4.78, 5) is 0.